The molecule has 0 saturated carbocycles. The van der Waals surface area contributed by atoms with Gasteiger partial charge in [-0.25, -0.2) is 0 Å². The summed E-state index contributed by atoms with van der Waals surface area (Å²) in [6.45, 7) is 3.95. The van der Waals surface area contributed by atoms with Gasteiger partial charge in [-0.2, -0.15) is 0 Å². The largest absolute Gasteiger partial charge is 0.369 e. The second kappa shape index (κ2) is 4.65. The Balaban J connectivity index is 1.97. The van der Waals surface area contributed by atoms with Crippen LogP contribution in [0.5, 0.6) is 0 Å². The number of amides is 1. The predicted octanol–water partition coefficient (Wildman–Crippen LogP) is 2.67. The summed E-state index contributed by atoms with van der Waals surface area (Å²) >= 11 is 0. The molecule has 0 aliphatic carbocycles. The highest BCUT2D eigenvalue weighted by atomic mass is 16.3. The summed E-state index contributed by atoms with van der Waals surface area (Å²) in [6, 6.07) is 15.9. The van der Waals surface area contributed by atoms with E-state index in [0.717, 1.165) is 11.3 Å². The minimum atomic E-state index is -2.18. The van der Waals surface area contributed by atoms with Gasteiger partial charge in [0.25, 0.3) is 5.91 Å². The van der Waals surface area contributed by atoms with E-state index in [1.165, 1.54) is 11.0 Å². The van der Waals surface area contributed by atoms with Gasteiger partial charge in [-0.05, 0) is 11.6 Å². The molecule has 4 nitrogen and oxygen atoms in total. The standard InChI is InChI=1S/C20H17NO3/c1-19(2)14-10-6-7-11-15(14)21-16(19)12-17(22)20(24,18(21)23)13-8-4-3-5-9-13/h3-12,24H,1-2H3/t20-/m1/s1. The van der Waals surface area contributed by atoms with Gasteiger partial charge in [-0.15, -0.1) is 0 Å². The van der Waals surface area contributed by atoms with Crippen LogP contribution in [0.15, 0.2) is 66.4 Å². The van der Waals surface area contributed by atoms with Crippen molar-refractivity contribution in [2.75, 3.05) is 4.90 Å². The van der Waals surface area contributed by atoms with Crippen molar-refractivity contribution in [2.45, 2.75) is 24.9 Å². The van der Waals surface area contributed by atoms with Gasteiger partial charge in [0.05, 0.1) is 5.69 Å². The number of anilines is 1. The summed E-state index contributed by atoms with van der Waals surface area (Å²) in [7, 11) is 0. The Morgan fingerprint density at radius 1 is 0.917 bits per heavy atom. The van der Waals surface area contributed by atoms with Crippen molar-refractivity contribution in [3.63, 3.8) is 0 Å². The molecule has 0 unspecified atom stereocenters. The Labute approximate surface area is 140 Å². The number of hydrogen-bond donors (Lipinski definition) is 1. The lowest BCUT2D eigenvalue weighted by Crippen LogP contribution is -2.55. The molecule has 2 heterocycles. The number of carbonyl (C=O) groups is 2. The fourth-order valence-electron chi connectivity index (χ4n) is 3.65. The zero-order valence-corrected chi connectivity index (χ0v) is 13.5. The maximum atomic E-state index is 13.2. The third-order valence-corrected chi connectivity index (χ3v) is 5.03. The molecule has 4 rings (SSSR count). The Hall–Kier alpha value is -2.72. The molecule has 0 saturated heterocycles. The number of benzene rings is 2. The molecule has 120 valence electrons. The van der Waals surface area contributed by atoms with Crippen LogP contribution in [0.1, 0.15) is 25.0 Å². The van der Waals surface area contributed by atoms with Gasteiger partial charge in [-0.3, -0.25) is 14.5 Å². The lowest BCUT2D eigenvalue weighted by molar-refractivity contribution is -0.149. The van der Waals surface area contributed by atoms with Crippen molar-refractivity contribution in [1.29, 1.82) is 0 Å². The van der Waals surface area contributed by atoms with E-state index in [1.807, 2.05) is 38.1 Å². The van der Waals surface area contributed by atoms with Gasteiger partial charge in [0.1, 0.15) is 0 Å². The van der Waals surface area contributed by atoms with Crippen molar-refractivity contribution < 1.29 is 14.7 Å². The van der Waals surface area contributed by atoms with E-state index in [4.69, 9.17) is 0 Å². The summed E-state index contributed by atoms with van der Waals surface area (Å²) in [4.78, 5) is 27.4. The zero-order chi connectivity index (χ0) is 17.1. The Morgan fingerprint density at radius 3 is 2.25 bits per heavy atom. The van der Waals surface area contributed by atoms with Gasteiger partial charge < -0.3 is 5.11 Å². The number of aliphatic hydroxyl groups is 1. The van der Waals surface area contributed by atoms with Crippen molar-refractivity contribution in [1.82, 2.24) is 0 Å². The van der Waals surface area contributed by atoms with Crippen LogP contribution >= 0.6 is 0 Å². The van der Waals surface area contributed by atoms with Crippen LogP contribution in [0.25, 0.3) is 0 Å². The average molecular weight is 319 g/mol. The first kappa shape index (κ1) is 14.8. The molecule has 0 bridgehead atoms. The summed E-state index contributed by atoms with van der Waals surface area (Å²) in [5.41, 5.74) is -0.0646. The number of rotatable bonds is 1. The van der Waals surface area contributed by atoms with Crippen LogP contribution in [0.3, 0.4) is 0 Å². The number of carbonyl (C=O) groups excluding carboxylic acids is 2. The molecular weight excluding hydrogens is 302 g/mol. The number of para-hydroxylation sites is 1. The van der Waals surface area contributed by atoms with E-state index < -0.39 is 22.7 Å². The minimum absolute atomic E-state index is 0.289. The summed E-state index contributed by atoms with van der Waals surface area (Å²) < 4.78 is 0. The number of ketones is 1. The maximum Gasteiger partial charge on any atom is 0.276 e. The number of allylic oxidation sites excluding steroid dienone is 1. The van der Waals surface area contributed by atoms with E-state index in [2.05, 4.69) is 0 Å². The van der Waals surface area contributed by atoms with E-state index in [9.17, 15) is 14.7 Å². The third kappa shape index (κ3) is 1.66. The quantitative estimate of drug-likeness (QED) is 0.822. The Morgan fingerprint density at radius 2 is 1.54 bits per heavy atom. The van der Waals surface area contributed by atoms with Crippen molar-refractivity contribution in [2.24, 2.45) is 0 Å². The fourth-order valence-corrected chi connectivity index (χ4v) is 3.65. The van der Waals surface area contributed by atoms with Crippen molar-refractivity contribution >= 4 is 17.4 Å². The molecule has 2 aromatic carbocycles. The number of nitrogens with zero attached hydrogens (tertiary/aromatic N) is 1. The molecule has 0 spiro atoms. The first-order chi connectivity index (χ1) is 11.4. The number of fused-ring (bicyclic) bond motifs is 3. The normalized spacial score (nSPS) is 24.5. The summed E-state index contributed by atoms with van der Waals surface area (Å²) in [6.07, 6.45) is 1.41. The Kier molecular flexibility index (Phi) is 2.87. The molecule has 2 aliphatic heterocycles. The third-order valence-electron chi connectivity index (χ3n) is 5.03. The SMILES string of the molecule is CC1(C)C2=CC(=O)[C@](O)(c3ccccc3)C(=O)N2c2ccccc21. The van der Waals surface area contributed by atoms with Gasteiger partial charge in [0.2, 0.25) is 11.4 Å². The summed E-state index contributed by atoms with van der Waals surface area (Å²) in [5.74, 6) is -1.21. The van der Waals surface area contributed by atoms with Crippen LogP contribution < -0.4 is 4.90 Å². The smallest absolute Gasteiger partial charge is 0.276 e. The second-order valence-electron chi connectivity index (χ2n) is 6.75. The molecule has 24 heavy (non-hydrogen) atoms. The second-order valence-corrected chi connectivity index (χ2v) is 6.75. The molecule has 0 fully saturated rings. The van der Waals surface area contributed by atoms with Crippen LogP contribution in [-0.4, -0.2) is 16.8 Å². The molecule has 2 aromatic rings. The van der Waals surface area contributed by atoms with E-state index in [1.54, 1.807) is 30.3 Å². The lowest BCUT2D eigenvalue weighted by atomic mass is 9.79. The van der Waals surface area contributed by atoms with Gasteiger partial charge in [-0.1, -0.05) is 62.4 Å². The molecule has 0 aromatic heterocycles. The highest BCUT2D eigenvalue weighted by Crippen LogP contribution is 2.51. The molecule has 1 amide bonds. The molecule has 0 radical (unpaired) electrons. The van der Waals surface area contributed by atoms with E-state index in [-0.39, 0.29) is 5.56 Å². The van der Waals surface area contributed by atoms with Crippen LogP contribution in [0.2, 0.25) is 0 Å². The predicted molar refractivity (Wildman–Crippen MR) is 90.4 cm³/mol. The van der Waals surface area contributed by atoms with Crippen LogP contribution in [0, 0.1) is 0 Å². The van der Waals surface area contributed by atoms with Gasteiger partial charge in [0, 0.05) is 22.8 Å². The average Bonchev–Trinajstić information content (AvgIpc) is 2.81. The Bertz CT molecular complexity index is 898. The van der Waals surface area contributed by atoms with Crippen molar-refractivity contribution in [3.05, 3.63) is 77.5 Å². The molecule has 1 N–H and O–H groups in total. The van der Waals surface area contributed by atoms with Gasteiger partial charge >= 0.3 is 0 Å². The van der Waals surface area contributed by atoms with E-state index in [0.29, 0.717) is 5.70 Å². The fraction of sp³-hybridized carbons (Fsp3) is 0.200. The highest BCUT2D eigenvalue weighted by Gasteiger charge is 2.56. The first-order valence-electron chi connectivity index (χ1n) is 7.87. The molecule has 4 heteroatoms. The zero-order valence-electron chi connectivity index (χ0n) is 13.5. The summed E-state index contributed by atoms with van der Waals surface area (Å²) in [5, 5.41) is 11.0. The van der Waals surface area contributed by atoms with Crippen LogP contribution in [0.4, 0.5) is 5.69 Å². The number of hydrogen-bond acceptors (Lipinski definition) is 3. The maximum absolute atomic E-state index is 13.2. The first-order valence-corrected chi connectivity index (χ1v) is 7.87. The topological polar surface area (TPSA) is 57.6 Å². The highest BCUT2D eigenvalue weighted by molar-refractivity contribution is 6.24. The lowest BCUT2D eigenvalue weighted by Gasteiger charge is -2.36. The molecular formula is C20H17NO3. The van der Waals surface area contributed by atoms with Crippen molar-refractivity contribution in [3.8, 4) is 0 Å². The monoisotopic (exact) mass is 319 g/mol. The molecule has 2 aliphatic rings. The van der Waals surface area contributed by atoms with Gasteiger partial charge in [0.15, 0.2) is 0 Å². The van der Waals surface area contributed by atoms with Crippen LogP contribution in [-0.2, 0) is 20.6 Å². The molecule has 1 atom stereocenters. The minimum Gasteiger partial charge on any atom is -0.369 e. The van der Waals surface area contributed by atoms with E-state index >= 15 is 0 Å².